The SMILES string of the molecule is C1=C(c2ccc3c4ccccc4n(-c4cccc5c4-c4ccccc4C5(c4ccccc4)c4ccccc4)c3c2)C(N(c2ccccc2)c2ccc(-c3cccc(-c4ccccc4)c3)cc2)=CCC1.CC. The molecule has 0 atom stereocenters. The Morgan fingerprint density at radius 2 is 0.901 bits per heavy atom. The van der Waals surface area contributed by atoms with E-state index in [2.05, 4.69) is 276 Å². The van der Waals surface area contributed by atoms with Gasteiger partial charge in [-0.1, -0.05) is 232 Å². The highest BCUT2D eigenvalue weighted by molar-refractivity contribution is 6.11. The number of anilines is 2. The van der Waals surface area contributed by atoms with Gasteiger partial charge in [0.05, 0.1) is 22.1 Å². The first-order chi connectivity index (χ1) is 35.3. The van der Waals surface area contributed by atoms with Crippen LogP contribution in [0.4, 0.5) is 11.4 Å². The summed E-state index contributed by atoms with van der Waals surface area (Å²) in [5.41, 5.74) is 21.5. The molecule has 0 saturated carbocycles. The number of allylic oxidation sites excluding steroid dienone is 3. The van der Waals surface area contributed by atoms with Crippen molar-refractivity contribution < 1.29 is 0 Å². The number of fused-ring (bicyclic) bond motifs is 6. The molecule has 2 aliphatic rings. The van der Waals surface area contributed by atoms with Crippen molar-refractivity contribution >= 4 is 38.8 Å². The van der Waals surface area contributed by atoms with Crippen molar-refractivity contribution in [1.82, 2.24) is 4.57 Å². The Hall–Kier alpha value is -8.72. The molecule has 13 rings (SSSR count). The molecule has 71 heavy (non-hydrogen) atoms. The molecule has 2 heteroatoms. The van der Waals surface area contributed by atoms with Crippen molar-refractivity contribution in [1.29, 1.82) is 0 Å². The minimum absolute atomic E-state index is 0.494. The van der Waals surface area contributed by atoms with Crippen LogP contribution in [0.25, 0.3) is 66.4 Å². The van der Waals surface area contributed by atoms with Crippen LogP contribution in [0.2, 0.25) is 0 Å². The molecule has 10 aromatic carbocycles. The van der Waals surface area contributed by atoms with Crippen LogP contribution in [0.15, 0.2) is 273 Å². The summed E-state index contributed by atoms with van der Waals surface area (Å²) in [6.45, 7) is 4.00. The van der Waals surface area contributed by atoms with Crippen LogP contribution < -0.4 is 4.90 Å². The van der Waals surface area contributed by atoms with Crippen LogP contribution >= 0.6 is 0 Å². The van der Waals surface area contributed by atoms with Gasteiger partial charge in [0.1, 0.15) is 0 Å². The highest BCUT2D eigenvalue weighted by Gasteiger charge is 2.47. The van der Waals surface area contributed by atoms with E-state index in [-0.39, 0.29) is 0 Å². The van der Waals surface area contributed by atoms with Gasteiger partial charge < -0.3 is 9.47 Å². The van der Waals surface area contributed by atoms with Crippen LogP contribution in [-0.4, -0.2) is 4.57 Å². The standard InChI is InChI=1S/C67H48N2.C2H6/c1-5-21-47(22-6-1)49-23-19-24-50(45-49)48-39-42-55(43-40-48)68(54-29-11-4-12-30-54)62-36-17-14-31-56(62)51-41-44-58-57-32-15-18-37-63(57)69(65(58)46-51)64-38-20-35-61-66(64)59-33-13-16-34-60(59)67(61,52-25-7-2-8-26-52)53-27-9-3-10-28-53;1-2/h1-13,15-16,18-46H,14,17H2;1-2H3. The van der Waals surface area contributed by atoms with Crippen LogP contribution in [0.3, 0.4) is 0 Å². The third-order valence-electron chi connectivity index (χ3n) is 14.5. The summed E-state index contributed by atoms with van der Waals surface area (Å²) in [5, 5.41) is 2.48. The molecule has 1 aromatic heterocycles. The molecule has 11 aromatic rings. The van der Waals surface area contributed by atoms with Gasteiger partial charge in [0.2, 0.25) is 0 Å². The Balaban J connectivity index is 0.00000256. The maximum atomic E-state index is 2.54. The van der Waals surface area contributed by atoms with E-state index >= 15 is 0 Å². The Morgan fingerprint density at radius 3 is 1.62 bits per heavy atom. The molecule has 0 amide bonds. The van der Waals surface area contributed by atoms with Gasteiger partial charge in [-0.3, -0.25) is 0 Å². The second kappa shape index (κ2) is 18.6. The quantitative estimate of drug-likeness (QED) is 0.140. The van der Waals surface area contributed by atoms with Crippen molar-refractivity contribution in [2.24, 2.45) is 0 Å². The fraction of sp³-hybridized carbons (Fsp3) is 0.0725. The Kier molecular flexibility index (Phi) is 11.4. The van der Waals surface area contributed by atoms with Crippen molar-refractivity contribution in [2.45, 2.75) is 32.1 Å². The van der Waals surface area contributed by atoms with Gasteiger partial charge >= 0.3 is 0 Å². The second-order valence-corrected chi connectivity index (χ2v) is 18.3. The summed E-state index contributed by atoms with van der Waals surface area (Å²) in [4.78, 5) is 2.45. The fourth-order valence-corrected chi connectivity index (χ4v) is 11.5. The number of nitrogens with zero attached hydrogens (tertiary/aromatic N) is 2. The van der Waals surface area contributed by atoms with Gasteiger partial charge in [0, 0.05) is 39.0 Å². The predicted octanol–water partition coefficient (Wildman–Crippen LogP) is 18.4. The zero-order valence-corrected chi connectivity index (χ0v) is 40.2. The van der Waals surface area contributed by atoms with Crippen molar-refractivity contribution in [2.75, 3.05) is 4.90 Å². The molecule has 0 fully saturated rings. The number of hydrogen-bond donors (Lipinski definition) is 0. The summed E-state index contributed by atoms with van der Waals surface area (Å²) in [5.74, 6) is 0. The fourth-order valence-electron chi connectivity index (χ4n) is 11.5. The molecule has 0 N–H and O–H groups in total. The number of hydrogen-bond acceptors (Lipinski definition) is 1. The first kappa shape index (κ1) is 43.6. The van der Waals surface area contributed by atoms with Crippen molar-refractivity contribution in [3.05, 3.63) is 300 Å². The molecule has 340 valence electrons. The summed E-state index contributed by atoms with van der Waals surface area (Å²) < 4.78 is 2.54. The first-order valence-corrected chi connectivity index (χ1v) is 25.2. The van der Waals surface area contributed by atoms with Crippen LogP contribution in [0.5, 0.6) is 0 Å². The molecule has 0 radical (unpaired) electrons. The third kappa shape index (κ3) is 7.34. The van der Waals surface area contributed by atoms with E-state index in [0.717, 1.165) is 24.2 Å². The molecule has 0 bridgehead atoms. The highest BCUT2D eigenvalue weighted by Crippen LogP contribution is 2.58. The average molecular weight is 911 g/mol. The molecule has 0 aliphatic heterocycles. The summed E-state index contributed by atoms with van der Waals surface area (Å²) in [6, 6.07) is 93.8. The smallest absolute Gasteiger partial charge is 0.0714 e. The van der Waals surface area contributed by atoms with Crippen LogP contribution in [0, 0.1) is 0 Å². The number of aromatic nitrogens is 1. The molecular weight excluding hydrogens is 857 g/mol. The number of rotatable bonds is 9. The van der Waals surface area contributed by atoms with E-state index in [1.165, 1.54) is 100.0 Å². The lowest BCUT2D eigenvalue weighted by atomic mass is 9.68. The highest BCUT2D eigenvalue weighted by atomic mass is 15.2. The topological polar surface area (TPSA) is 8.17 Å². The Morgan fingerprint density at radius 1 is 0.380 bits per heavy atom. The Labute approximate surface area is 417 Å². The molecule has 1 heterocycles. The third-order valence-corrected chi connectivity index (χ3v) is 14.5. The summed E-state index contributed by atoms with van der Waals surface area (Å²) in [7, 11) is 0. The maximum absolute atomic E-state index is 2.54. The van der Waals surface area contributed by atoms with E-state index in [4.69, 9.17) is 0 Å². The predicted molar refractivity (Wildman–Crippen MR) is 301 cm³/mol. The van der Waals surface area contributed by atoms with E-state index in [9.17, 15) is 0 Å². The first-order valence-electron chi connectivity index (χ1n) is 25.2. The van der Waals surface area contributed by atoms with Gasteiger partial charge in [0.15, 0.2) is 0 Å². The van der Waals surface area contributed by atoms with Gasteiger partial charge in [-0.2, -0.15) is 0 Å². The van der Waals surface area contributed by atoms with Gasteiger partial charge in [-0.05, 0) is 117 Å². The number of benzene rings is 10. The molecular formula is C69H54N2. The van der Waals surface area contributed by atoms with E-state index in [1.807, 2.05) is 13.8 Å². The van der Waals surface area contributed by atoms with Gasteiger partial charge in [0.25, 0.3) is 0 Å². The van der Waals surface area contributed by atoms with E-state index in [1.54, 1.807) is 0 Å². The largest absolute Gasteiger partial charge is 0.310 e. The Bertz CT molecular complexity index is 3710. The molecule has 2 aliphatic carbocycles. The van der Waals surface area contributed by atoms with E-state index in [0.29, 0.717) is 0 Å². The summed E-state index contributed by atoms with van der Waals surface area (Å²) in [6.07, 6.45) is 6.83. The number of para-hydroxylation sites is 2. The summed E-state index contributed by atoms with van der Waals surface area (Å²) >= 11 is 0. The van der Waals surface area contributed by atoms with Crippen LogP contribution in [-0.2, 0) is 5.41 Å². The molecule has 2 nitrogen and oxygen atoms in total. The minimum atomic E-state index is -0.494. The second-order valence-electron chi connectivity index (χ2n) is 18.3. The average Bonchev–Trinajstić information content (AvgIpc) is 3.96. The van der Waals surface area contributed by atoms with E-state index < -0.39 is 5.41 Å². The monoisotopic (exact) mass is 910 g/mol. The zero-order chi connectivity index (χ0) is 47.7. The lowest BCUT2D eigenvalue weighted by Crippen LogP contribution is -2.28. The molecule has 0 saturated heterocycles. The van der Waals surface area contributed by atoms with Gasteiger partial charge in [-0.15, -0.1) is 0 Å². The zero-order valence-electron chi connectivity index (χ0n) is 40.2. The normalized spacial score (nSPS) is 13.4. The molecule has 0 unspecified atom stereocenters. The van der Waals surface area contributed by atoms with Crippen molar-refractivity contribution in [3.63, 3.8) is 0 Å². The van der Waals surface area contributed by atoms with Crippen molar-refractivity contribution in [3.8, 4) is 39.1 Å². The van der Waals surface area contributed by atoms with Crippen LogP contribution in [0.1, 0.15) is 54.5 Å². The maximum Gasteiger partial charge on any atom is 0.0714 e. The molecule has 0 spiro atoms. The minimum Gasteiger partial charge on any atom is -0.310 e. The lowest BCUT2D eigenvalue weighted by Gasteiger charge is -2.34. The van der Waals surface area contributed by atoms with Gasteiger partial charge in [-0.25, -0.2) is 0 Å². The lowest BCUT2D eigenvalue weighted by molar-refractivity contribution is 0.768.